The molecule has 5 aromatic rings. The number of fused-ring (bicyclic) bond motifs is 5. The van der Waals surface area contributed by atoms with Gasteiger partial charge in [-0.05, 0) is 60.8 Å². The number of anilines is 1. The number of carbonyl (C=O) groups excluding carboxylic acids is 5. The smallest absolute Gasteiger partial charge is 0.415 e. The largest absolute Gasteiger partial charge is 0.478 e. The third-order valence-corrected chi connectivity index (χ3v) is 13.8. The Morgan fingerprint density at radius 3 is 2.42 bits per heavy atom. The van der Waals surface area contributed by atoms with Crippen LogP contribution in [-0.4, -0.2) is 145 Å². The molecule has 1 fully saturated rings. The van der Waals surface area contributed by atoms with Crippen LogP contribution >= 0.6 is 34.7 Å². The number of thioether (sulfide) groups is 1. The number of aliphatic carboxylic acids is 1. The molecule has 5 amide bonds. The fourth-order valence-corrected chi connectivity index (χ4v) is 10.2. The van der Waals surface area contributed by atoms with Gasteiger partial charge in [-0.25, -0.2) is 14.4 Å². The summed E-state index contributed by atoms with van der Waals surface area (Å²) < 4.78 is 23.3. The molecule has 8 rings (SSSR count). The Morgan fingerprint density at radius 1 is 0.954 bits per heavy atom. The molecule has 65 heavy (non-hydrogen) atoms. The second kappa shape index (κ2) is 19.1. The first-order chi connectivity index (χ1) is 31.2. The topological polar surface area (TPSA) is 192 Å². The number of furan rings is 1. The molecule has 3 aliphatic heterocycles. The molecule has 0 saturated carbocycles. The Bertz CT molecular complexity index is 2720. The van der Waals surface area contributed by atoms with E-state index in [0.29, 0.717) is 34.5 Å². The molecule has 0 spiro atoms. The molecule has 0 radical (unpaired) electrons. The number of hydrogen-bond acceptors (Lipinski definition) is 13. The maximum atomic E-state index is 14.2. The lowest BCUT2D eigenvalue weighted by molar-refractivity contribution is -0.150. The number of carbonyl (C=O) groups is 6. The monoisotopic (exact) mass is 944 g/mol. The zero-order valence-corrected chi connectivity index (χ0v) is 38.2. The van der Waals surface area contributed by atoms with E-state index in [2.05, 4.69) is 5.32 Å². The van der Waals surface area contributed by atoms with Crippen LogP contribution in [0.25, 0.3) is 21.7 Å². The first kappa shape index (κ1) is 45.3. The SMILES string of the molecule is CN(C)COc1ccc2oc(C(=O)N3CC(CCl)c4c3cc(OC(=O)N(C)CCN(C)C(=O)OCC3=C(C(=O)O)N5C(=O)C(NC(=O)Cc6cccs6)C5SC3)c3ccccc43)cc2c1. The summed E-state index contributed by atoms with van der Waals surface area (Å²) >= 11 is 9.19. The molecule has 340 valence electrons. The number of rotatable bonds is 15. The summed E-state index contributed by atoms with van der Waals surface area (Å²) in [5.74, 6) is -1.50. The first-order valence-electron chi connectivity index (χ1n) is 20.5. The maximum absolute atomic E-state index is 14.2. The highest BCUT2D eigenvalue weighted by atomic mass is 35.5. The number of halogens is 1. The lowest BCUT2D eigenvalue weighted by Crippen LogP contribution is -2.70. The zero-order chi connectivity index (χ0) is 46.1. The van der Waals surface area contributed by atoms with Crippen LogP contribution in [0.1, 0.15) is 26.9 Å². The van der Waals surface area contributed by atoms with Crippen molar-refractivity contribution in [3.05, 3.63) is 99.6 Å². The number of carboxylic acid groups (broad SMARTS) is 1. The van der Waals surface area contributed by atoms with Crippen molar-refractivity contribution in [3.63, 3.8) is 0 Å². The van der Waals surface area contributed by atoms with Crippen molar-refractivity contribution in [1.29, 1.82) is 0 Å². The summed E-state index contributed by atoms with van der Waals surface area (Å²) in [6, 6.07) is 18.8. The molecule has 3 unspecified atom stereocenters. The fraction of sp³-hybridized carbons (Fsp3) is 0.333. The van der Waals surface area contributed by atoms with Gasteiger partial charge in [-0.2, -0.15) is 0 Å². The Balaban J connectivity index is 0.897. The predicted octanol–water partition coefficient (Wildman–Crippen LogP) is 6.01. The van der Waals surface area contributed by atoms with Crippen LogP contribution in [0, 0.1) is 0 Å². The highest BCUT2D eigenvalue weighted by Gasteiger charge is 2.54. The van der Waals surface area contributed by atoms with E-state index in [9.17, 15) is 33.9 Å². The molecule has 0 bridgehead atoms. The van der Waals surface area contributed by atoms with Crippen LogP contribution in [0.2, 0.25) is 0 Å². The number of amides is 5. The minimum atomic E-state index is -1.35. The van der Waals surface area contributed by atoms with Crippen molar-refractivity contribution in [2.24, 2.45) is 0 Å². The van der Waals surface area contributed by atoms with E-state index in [-0.39, 0.29) is 84.8 Å². The molecule has 20 heteroatoms. The Morgan fingerprint density at radius 2 is 1.71 bits per heavy atom. The molecular formula is C45H45ClN6O11S2. The number of benzene rings is 3. The van der Waals surface area contributed by atoms with Gasteiger partial charge in [0.1, 0.15) is 47.5 Å². The number of nitrogens with zero attached hydrogens (tertiary/aromatic N) is 5. The van der Waals surface area contributed by atoms with Crippen molar-refractivity contribution < 1.29 is 52.5 Å². The maximum Gasteiger partial charge on any atom is 0.415 e. The van der Waals surface area contributed by atoms with Crippen molar-refractivity contribution >= 4 is 98.0 Å². The van der Waals surface area contributed by atoms with Crippen molar-refractivity contribution in [3.8, 4) is 11.5 Å². The Labute approximate surface area is 386 Å². The summed E-state index contributed by atoms with van der Waals surface area (Å²) in [6.07, 6.45) is -1.40. The molecule has 3 aliphatic rings. The lowest BCUT2D eigenvalue weighted by Gasteiger charge is -2.49. The number of ether oxygens (including phenoxy) is 3. The number of nitrogens with one attached hydrogen (secondary N) is 1. The number of hydrogen-bond donors (Lipinski definition) is 2. The standard InChI is InChI=1S/C45H45ClN6O11S2/c1-48(2)24-61-28-11-12-33-25(16-28)17-35(62-33)40(54)51-21-26(20-46)37-31-10-6-5-9-30(31)34(19-32(37)51)63-45(59)50(4)14-13-49(3)44(58)60-22-27-23-65-42-38(41(55)52(42)39(27)43(56)57)47-36(53)18-29-8-7-15-64-29/h5-12,15-17,19,26,38,42H,13-14,18,20-24H2,1-4H3,(H,47,53)(H,56,57). The second-order valence-electron chi connectivity index (χ2n) is 16.0. The number of thiophene rings is 1. The number of likely N-dealkylation sites (N-methyl/N-ethyl adjacent to an activating group) is 2. The first-order valence-corrected chi connectivity index (χ1v) is 23.0. The quantitative estimate of drug-likeness (QED) is 0.0706. The summed E-state index contributed by atoms with van der Waals surface area (Å²) in [5, 5.41) is 16.1. The van der Waals surface area contributed by atoms with E-state index in [0.717, 1.165) is 20.7 Å². The highest BCUT2D eigenvalue weighted by molar-refractivity contribution is 8.00. The fourth-order valence-electron chi connectivity index (χ4n) is 7.87. The third-order valence-electron chi connectivity index (χ3n) is 11.2. The number of alkyl halides is 1. The van der Waals surface area contributed by atoms with Gasteiger partial charge in [0, 0.05) is 78.6 Å². The molecule has 3 atom stereocenters. The van der Waals surface area contributed by atoms with Gasteiger partial charge in [-0.1, -0.05) is 30.3 Å². The average Bonchev–Trinajstić information content (AvgIpc) is 4.06. The zero-order valence-electron chi connectivity index (χ0n) is 35.8. The molecule has 1 saturated heterocycles. The van der Waals surface area contributed by atoms with Gasteiger partial charge in [0.05, 0.1) is 12.1 Å². The van der Waals surface area contributed by atoms with Crippen molar-refractivity contribution in [2.75, 3.05) is 77.7 Å². The van der Waals surface area contributed by atoms with Crippen LogP contribution < -0.4 is 19.7 Å². The second-order valence-corrected chi connectivity index (χ2v) is 18.5. The van der Waals surface area contributed by atoms with Gasteiger partial charge in [-0.15, -0.1) is 34.7 Å². The van der Waals surface area contributed by atoms with Gasteiger partial charge in [0.2, 0.25) is 5.91 Å². The number of β-lactam (4-membered cyclic amide) rings is 1. The van der Waals surface area contributed by atoms with Gasteiger partial charge < -0.3 is 43.8 Å². The van der Waals surface area contributed by atoms with Crippen molar-refractivity contribution in [2.45, 2.75) is 23.8 Å². The normalized spacial score (nSPS) is 17.8. The van der Waals surface area contributed by atoms with Gasteiger partial charge in [0.15, 0.2) is 5.76 Å². The number of carboxylic acids is 1. The minimum Gasteiger partial charge on any atom is -0.478 e. The third kappa shape index (κ3) is 9.31. The molecule has 2 aromatic heterocycles. The highest BCUT2D eigenvalue weighted by Crippen LogP contribution is 2.46. The Kier molecular flexibility index (Phi) is 13.3. The van der Waals surface area contributed by atoms with E-state index < -0.39 is 35.5 Å². The lowest BCUT2D eigenvalue weighted by atomic mass is 9.95. The molecule has 2 N–H and O–H groups in total. The van der Waals surface area contributed by atoms with E-state index in [1.165, 1.54) is 47.0 Å². The van der Waals surface area contributed by atoms with Gasteiger partial charge >= 0.3 is 18.2 Å². The van der Waals surface area contributed by atoms with Crippen LogP contribution in [0.3, 0.4) is 0 Å². The van der Waals surface area contributed by atoms with Crippen molar-refractivity contribution in [1.82, 2.24) is 24.9 Å². The minimum absolute atomic E-state index is 0.0228. The van der Waals surface area contributed by atoms with E-state index in [1.807, 2.05) is 66.8 Å². The summed E-state index contributed by atoms with van der Waals surface area (Å²) in [6.45, 7) is 0.322. The predicted molar refractivity (Wildman–Crippen MR) is 245 cm³/mol. The van der Waals surface area contributed by atoms with Crippen LogP contribution in [-0.2, 0) is 25.5 Å². The van der Waals surface area contributed by atoms with E-state index in [1.54, 1.807) is 29.2 Å². The summed E-state index contributed by atoms with van der Waals surface area (Å²) in [7, 11) is 6.77. The van der Waals surface area contributed by atoms with E-state index in [4.69, 9.17) is 30.2 Å². The van der Waals surface area contributed by atoms with E-state index >= 15 is 0 Å². The Hall–Kier alpha value is -6.28. The summed E-state index contributed by atoms with van der Waals surface area (Å²) in [4.78, 5) is 86.8. The average molecular weight is 945 g/mol. The van der Waals surface area contributed by atoms with Crippen LogP contribution in [0.4, 0.5) is 15.3 Å². The molecular weight excluding hydrogens is 900 g/mol. The van der Waals surface area contributed by atoms with Gasteiger partial charge in [0.25, 0.3) is 11.8 Å². The molecule has 3 aromatic carbocycles. The molecule has 17 nitrogen and oxygen atoms in total. The molecule has 0 aliphatic carbocycles. The van der Waals surface area contributed by atoms with Crippen LogP contribution in [0.5, 0.6) is 11.5 Å². The molecule has 5 heterocycles. The van der Waals surface area contributed by atoms with Gasteiger partial charge in [-0.3, -0.25) is 24.2 Å². The summed E-state index contributed by atoms with van der Waals surface area (Å²) in [5.41, 5.74) is 1.85. The van der Waals surface area contributed by atoms with Crippen LogP contribution in [0.15, 0.2) is 87.8 Å².